The molecule has 100 valence electrons. The number of hydrogen-bond donors (Lipinski definition) is 0. The van der Waals surface area contributed by atoms with E-state index in [1.165, 1.54) is 6.07 Å². The molecule has 2 aromatic rings. The van der Waals surface area contributed by atoms with Crippen LogP contribution in [0.2, 0.25) is 5.02 Å². The third kappa shape index (κ3) is 2.75. The number of aryl methyl sites for hydroxylation is 2. The quantitative estimate of drug-likeness (QED) is 0.637. The van der Waals surface area contributed by atoms with Gasteiger partial charge in [-0.05, 0) is 36.6 Å². The van der Waals surface area contributed by atoms with Crippen molar-refractivity contribution in [3.63, 3.8) is 0 Å². The van der Waals surface area contributed by atoms with Crippen LogP contribution in [0.1, 0.15) is 27.6 Å². The Labute approximate surface area is 121 Å². The number of alkyl halides is 1. The lowest BCUT2D eigenvalue weighted by atomic mass is 10.00. The highest BCUT2D eigenvalue weighted by Crippen LogP contribution is 2.36. The average molecular weight is 301 g/mol. The first-order chi connectivity index (χ1) is 8.91. The second-order valence-corrected chi connectivity index (χ2v) is 5.28. The summed E-state index contributed by atoms with van der Waals surface area (Å²) in [7, 11) is 0. The van der Waals surface area contributed by atoms with E-state index in [-0.39, 0.29) is 5.56 Å². The largest absolute Gasteiger partial charge is 0.207 e. The van der Waals surface area contributed by atoms with E-state index in [1.807, 2.05) is 13.0 Å². The van der Waals surface area contributed by atoms with Gasteiger partial charge >= 0.3 is 0 Å². The number of rotatable bonds is 2. The highest BCUT2D eigenvalue weighted by molar-refractivity contribution is 6.33. The molecule has 0 spiro atoms. The van der Waals surface area contributed by atoms with Gasteiger partial charge in [0, 0.05) is 16.7 Å². The first kappa shape index (κ1) is 14.3. The van der Waals surface area contributed by atoms with Crippen molar-refractivity contribution in [1.29, 1.82) is 0 Å². The summed E-state index contributed by atoms with van der Waals surface area (Å²) in [4.78, 5) is 0. The van der Waals surface area contributed by atoms with Crippen LogP contribution in [0.4, 0.5) is 8.78 Å². The van der Waals surface area contributed by atoms with Gasteiger partial charge in [0.05, 0.1) is 5.38 Å². The SMILES string of the molecule is Cc1cc(C(Cl)c2cccc(C)c2Cl)c(F)cc1F. The van der Waals surface area contributed by atoms with Crippen molar-refractivity contribution in [1.82, 2.24) is 0 Å². The minimum atomic E-state index is -0.744. The maximum absolute atomic E-state index is 13.8. The Morgan fingerprint density at radius 2 is 1.63 bits per heavy atom. The zero-order valence-corrected chi connectivity index (χ0v) is 12.0. The van der Waals surface area contributed by atoms with Gasteiger partial charge in [-0.1, -0.05) is 29.8 Å². The highest BCUT2D eigenvalue weighted by Gasteiger charge is 2.20. The molecule has 1 atom stereocenters. The van der Waals surface area contributed by atoms with Crippen LogP contribution in [-0.2, 0) is 0 Å². The van der Waals surface area contributed by atoms with Crippen LogP contribution in [-0.4, -0.2) is 0 Å². The Balaban J connectivity index is 2.53. The first-order valence-corrected chi connectivity index (χ1v) is 6.58. The smallest absolute Gasteiger partial charge is 0.131 e. The Bertz CT molecular complexity index is 624. The van der Waals surface area contributed by atoms with Gasteiger partial charge in [-0.15, -0.1) is 11.6 Å². The molecule has 2 aromatic carbocycles. The molecular formula is C15H12Cl2F2. The zero-order chi connectivity index (χ0) is 14.2. The van der Waals surface area contributed by atoms with Gasteiger partial charge in [0.25, 0.3) is 0 Å². The topological polar surface area (TPSA) is 0 Å². The molecule has 0 bridgehead atoms. The van der Waals surface area contributed by atoms with Crippen molar-refractivity contribution in [2.75, 3.05) is 0 Å². The van der Waals surface area contributed by atoms with E-state index < -0.39 is 17.0 Å². The van der Waals surface area contributed by atoms with Crippen molar-refractivity contribution in [2.45, 2.75) is 19.2 Å². The normalized spacial score (nSPS) is 12.5. The summed E-state index contributed by atoms with van der Waals surface area (Å²) in [6.07, 6.45) is 0. The molecule has 0 nitrogen and oxygen atoms in total. The van der Waals surface area contributed by atoms with Crippen molar-refractivity contribution < 1.29 is 8.78 Å². The summed E-state index contributed by atoms with van der Waals surface area (Å²) in [5, 5.41) is -0.240. The summed E-state index contributed by atoms with van der Waals surface area (Å²) in [6.45, 7) is 3.42. The van der Waals surface area contributed by atoms with Gasteiger partial charge < -0.3 is 0 Å². The minimum Gasteiger partial charge on any atom is -0.207 e. The Hall–Kier alpha value is -1.12. The number of halogens is 4. The molecule has 0 aliphatic carbocycles. The average Bonchev–Trinajstić information content (AvgIpc) is 2.36. The third-order valence-corrected chi connectivity index (χ3v) is 4.03. The van der Waals surface area contributed by atoms with Gasteiger partial charge in [0.15, 0.2) is 0 Å². The zero-order valence-electron chi connectivity index (χ0n) is 10.5. The summed E-state index contributed by atoms with van der Waals surface area (Å²) >= 11 is 12.5. The first-order valence-electron chi connectivity index (χ1n) is 5.76. The second-order valence-electron chi connectivity index (χ2n) is 4.46. The van der Waals surface area contributed by atoms with Crippen molar-refractivity contribution >= 4 is 23.2 Å². The van der Waals surface area contributed by atoms with Crippen LogP contribution >= 0.6 is 23.2 Å². The number of benzene rings is 2. The molecule has 0 heterocycles. The summed E-state index contributed by atoms with van der Waals surface area (Å²) in [5.74, 6) is -1.25. The Morgan fingerprint density at radius 1 is 0.947 bits per heavy atom. The lowest BCUT2D eigenvalue weighted by Gasteiger charge is -2.15. The predicted octanol–water partition coefficient (Wildman–Crippen LogP) is 5.56. The molecule has 19 heavy (non-hydrogen) atoms. The van der Waals surface area contributed by atoms with Crippen LogP contribution < -0.4 is 0 Å². The van der Waals surface area contributed by atoms with E-state index in [0.29, 0.717) is 16.1 Å². The van der Waals surface area contributed by atoms with Crippen LogP contribution in [0.15, 0.2) is 30.3 Å². The molecule has 0 saturated carbocycles. The second kappa shape index (κ2) is 5.48. The Morgan fingerprint density at radius 3 is 2.32 bits per heavy atom. The van der Waals surface area contributed by atoms with Gasteiger partial charge in [0.1, 0.15) is 11.6 Å². The summed E-state index contributed by atoms with van der Waals surface area (Å²) < 4.78 is 27.1. The van der Waals surface area contributed by atoms with Gasteiger partial charge in [-0.25, -0.2) is 8.78 Å². The van der Waals surface area contributed by atoms with Crippen LogP contribution in [0, 0.1) is 25.5 Å². The van der Waals surface area contributed by atoms with Crippen molar-refractivity contribution in [3.8, 4) is 0 Å². The molecular weight excluding hydrogens is 289 g/mol. The maximum atomic E-state index is 13.8. The molecule has 0 N–H and O–H groups in total. The van der Waals surface area contributed by atoms with Crippen LogP contribution in [0.3, 0.4) is 0 Å². The molecule has 0 saturated heterocycles. The molecule has 0 amide bonds. The lowest BCUT2D eigenvalue weighted by Crippen LogP contribution is -2.01. The fourth-order valence-corrected chi connectivity index (χ4v) is 2.55. The minimum absolute atomic E-state index is 0.230. The van der Waals surface area contributed by atoms with Gasteiger partial charge in [-0.2, -0.15) is 0 Å². The summed E-state index contributed by atoms with van der Waals surface area (Å²) in [6, 6.07) is 7.66. The molecule has 0 aromatic heterocycles. The molecule has 0 fully saturated rings. The molecule has 1 unspecified atom stereocenters. The van der Waals surface area contributed by atoms with Crippen LogP contribution in [0.25, 0.3) is 0 Å². The molecule has 0 aliphatic heterocycles. The van der Waals surface area contributed by atoms with E-state index in [9.17, 15) is 8.78 Å². The molecule has 0 radical (unpaired) electrons. The maximum Gasteiger partial charge on any atom is 0.131 e. The monoisotopic (exact) mass is 300 g/mol. The molecule has 2 rings (SSSR count). The predicted molar refractivity (Wildman–Crippen MR) is 75.0 cm³/mol. The van der Waals surface area contributed by atoms with Gasteiger partial charge in [-0.3, -0.25) is 0 Å². The van der Waals surface area contributed by atoms with E-state index in [2.05, 4.69) is 0 Å². The Kier molecular flexibility index (Phi) is 4.12. The van der Waals surface area contributed by atoms with Gasteiger partial charge in [0.2, 0.25) is 0 Å². The standard InChI is InChI=1S/C15H12Cl2F2/c1-8-4-3-5-10(14(8)16)15(17)11-6-9(2)12(18)7-13(11)19/h3-7,15H,1-2H3. The van der Waals surface area contributed by atoms with Crippen molar-refractivity contribution in [2.24, 2.45) is 0 Å². The summed E-state index contributed by atoms with van der Waals surface area (Å²) in [5.41, 5.74) is 2.07. The lowest BCUT2D eigenvalue weighted by molar-refractivity contribution is 0.568. The fourth-order valence-electron chi connectivity index (χ4n) is 1.91. The van der Waals surface area contributed by atoms with Crippen molar-refractivity contribution in [3.05, 3.63) is 69.2 Å². The van der Waals surface area contributed by atoms with E-state index >= 15 is 0 Å². The van der Waals surface area contributed by atoms with E-state index in [0.717, 1.165) is 11.6 Å². The van der Waals surface area contributed by atoms with E-state index in [4.69, 9.17) is 23.2 Å². The number of hydrogen-bond acceptors (Lipinski definition) is 0. The molecule has 4 heteroatoms. The van der Waals surface area contributed by atoms with E-state index in [1.54, 1.807) is 19.1 Å². The fraction of sp³-hybridized carbons (Fsp3) is 0.200. The highest BCUT2D eigenvalue weighted by atomic mass is 35.5. The van der Waals surface area contributed by atoms with Crippen LogP contribution in [0.5, 0.6) is 0 Å². The third-order valence-electron chi connectivity index (χ3n) is 3.05. The molecule has 0 aliphatic rings.